The van der Waals surface area contributed by atoms with Crippen molar-refractivity contribution in [2.24, 2.45) is 0 Å². The average Bonchev–Trinajstić information content (AvgIpc) is 2.85. The highest BCUT2D eigenvalue weighted by atomic mass is 16.6. The fraction of sp³-hybridized carbons (Fsp3) is 0.143. The summed E-state index contributed by atoms with van der Waals surface area (Å²) in [6, 6.07) is 16.8. The topological polar surface area (TPSA) is 36.9 Å². The Morgan fingerprint density at radius 2 is 1.19 bits per heavy atom. The van der Waals surface area contributed by atoms with E-state index in [1.807, 2.05) is 54.6 Å². The second kappa shape index (κ2) is 9.57. The Balaban J connectivity index is 1.62. The number of methoxy groups -OCH3 is 2. The predicted octanol–water partition coefficient (Wildman–Crippen LogP) is 4.26. The summed E-state index contributed by atoms with van der Waals surface area (Å²) in [4.78, 5) is 0. The van der Waals surface area contributed by atoms with Gasteiger partial charge in [0.1, 0.15) is 13.2 Å². The smallest absolute Gasteiger partial charge is 0.162 e. The van der Waals surface area contributed by atoms with Gasteiger partial charge in [0.15, 0.2) is 23.0 Å². The fourth-order valence-corrected chi connectivity index (χ4v) is 3.18. The van der Waals surface area contributed by atoms with E-state index >= 15 is 0 Å². The molecule has 1 aliphatic heterocycles. The van der Waals surface area contributed by atoms with Crippen molar-refractivity contribution in [3.05, 3.63) is 82.4 Å². The summed E-state index contributed by atoms with van der Waals surface area (Å²) in [5, 5.41) is 0. The molecule has 0 unspecified atom stereocenters. The van der Waals surface area contributed by atoms with Gasteiger partial charge in [0.2, 0.25) is 0 Å². The summed E-state index contributed by atoms with van der Waals surface area (Å²) in [5.41, 5.74) is 3.92. The lowest BCUT2D eigenvalue weighted by atomic mass is 10.1. The van der Waals surface area contributed by atoms with Gasteiger partial charge < -0.3 is 18.9 Å². The van der Waals surface area contributed by atoms with Crippen molar-refractivity contribution in [1.82, 2.24) is 0 Å². The van der Waals surface area contributed by atoms with Gasteiger partial charge in [0.05, 0.1) is 14.2 Å². The first-order chi connectivity index (χ1) is 15.7. The van der Waals surface area contributed by atoms with Gasteiger partial charge in [-0.05, 0) is 54.6 Å². The van der Waals surface area contributed by atoms with E-state index in [1.165, 1.54) is 0 Å². The van der Waals surface area contributed by atoms with Gasteiger partial charge in [-0.3, -0.25) is 0 Å². The third kappa shape index (κ3) is 4.81. The van der Waals surface area contributed by atoms with Crippen LogP contribution < -0.4 is 18.9 Å². The molecule has 0 spiro atoms. The van der Waals surface area contributed by atoms with Crippen LogP contribution in [-0.4, -0.2) is 27.4 Å². The second-order valence-corrected chi connectivity index (χ2v) is 6.87. The Bertz CT molecular complexity index is 1250. The number of rotatable bonds is 2. The van der Waals surface area contributed by atoms with Crippen LogP contribution in [0.15, 0.2) is 54.6 Å². The second-order valence-electron chi connectivity index (χ2n) is 6.87. The number of hydrogen-bond donors (Lipinski definition) is 0. The average molecular weight is 420 g/mol. The molecule has 32 heavy (non-hydrogen) atoms. The molecule has 1 heterocycles. The summed E-state index contributed by atoms with van der Waals surface area (Å²) in [6.45, 7) is 1.10. The minimum atomic E-state index is 0.538. The molecular formula is C28H20O4. The third-order valence-corrected chi connectivity index (χ3v) is 4.73. The Kier molecular flexibility index (Phi) is 6.22. The molecule has 0 amide bonds. The van der Waals surface area contributed by atoms with Crippen LogP contribution in [0.4, 0.5) is 0 Å². The summed E-state index contributed by atoms with van der Waals surface area (Å²) in [5.74, 6) is 18.0. The van der Waals surface area contributed by atoms with E-state index in [0.29, 0.717) is 30.5 Å². The fourth-order valence-electron chi connectivity index (χ4n) is 3.18. The van der Waals surface area contributed by atoms with E-state index in [0.717, 1.165) is 33.6 Å². The van der Waals surface area contributed by atoms with Gasteiger partial charge >= 0.3 is 0 Å². The molecule has 156 valence electrons. The molecule has 0 atom stereocenters. The van der Waals surface area contributed by atoms with Crippen LogP contribution in [0.25, 0.3) is 0 Å². The summed E-state index contributed by atoms with van der Waals surface area (Å²) < 4.78 is 21.8. The lowest BCUT2D eigenvalue weighted by Crippen LogP contribution is -2.15. The van der Waals surface area contributed by atoms with E-state index < -0.39 is 0 Å². The normalized spacial score (nSPS) is 11.2. The van der Waals surface area contributed by atoms with Crippen molar-refractivity contribution in [3.8, 4) is 59.0 Å². The molecule has 4 heteroatoms. The largest absolute Gasteiger partial charge is 0.493 e. The van der Waals surface area contributed by atoms with Crippen molar-refractivity contribution in [3.63, 3.8) is 0 Å². The molecule has 0 aromatic heterocycles. The zero-order valence-corrected chi connectivity index (χ0v) is 17.8. The minimum Gasteiger partial charge on any atom is -0.493 e. The number of terminal acetylenes is 1. The summed E-state index contributed by atoms with van der Waals surface area (Å²) >= 11 is 0. The quantitative estimate of drug-likeness (QED) is 0.581. The SMILES string of the molecule is C#Cc1cc(C#Cc2ccc(OC)c(OC)c2)cc(C#Cc2ccc3c(c2)OCCO3)c1. The van der Waals surface area contributed by atoms with Crippen LogP contribution in [0.1, 0.15) is 27.8 Å². The molecule has 3 aromatic rings. The number of hydrogen-bond acceptors (Lipinski definition) is 4. The first-order valence-electron chi connectivity index (χ1n) is 9.96. The summed E-state index contributed by atoms with van der Waals surface area (Å²) in [6.07, 6.45) is 5.64. The van der Waals surface area contributed by atoms with Crippen LogP contribution in [0.2, 0.25) is 0 Å². The molecular weight excluding hydrogens is 400 g/mol. The first kappa shape index (κ1) is 20.8. The molecule has 0 aliphatic carbocycles. The molecule has 1 aliphatic rings. The van der Waals surface area contributed by atoms with E-state index in [1.54, 1.807) is 14.2 Å². The number of fused-ring (bicyclic) bond motifs is 1. The maximum Gasteiger partial charge on any atom is 0.162 e. The highest BCUT2D eigenvalue weighted by Crippen LogP contribution is 2.30. The molecule has 0 bridgehead atoms. The Labute approximate surface area is 188 Å². The molecule has 4 nitrogen and oxygen atoms in total. The highest BCUT2D eigenvalue weighted by Gasteiger charge is 2.10. The molecule has 3 aromatic carbocycles. The highest BCUT2D eigenvalue weighted by molar-refractivity contribution is 5.56. The molecule has 0 N–H and O–H groups in total. The standard InChI is InChI=1S/C28H20O4/c1-4-20-15-23(7-5-21-9-11-25(29-2)27(18-21)30-3)17-24(16-20)8-6-22-10-12-26-28(19-22)32-14-13-31-26/h1,9-12,15-19H,13-14H2,2-3H3. The maximum atomic E-state index is 5.64. The lowest BCUT2D eigenvalue weighted by molar-refractivity contribution is 0.171. The zero-order chi connectivity index (χ0) is 22.3. The van der Waals surface area contributed by atoms with Crippen LogP contribution in [0.5, 0.6) is 23.0 Å². The molecule has 4 rings (SSSR count). The van der Waals surface area contributed by atoms with Crippen LogP contribution in [0.3, 0.4) is 0 Å². The van der Waals surface area contributed by atoms with Gasteiger partial charge in [-0.15, -0.1) is 6.42 Å². The van der Waals surface area contributed by atoms with Crippen molar-refractivity contribution in [2.45, 2.75) is 0 Å². The first-order valence-corrected chi connectivity index (χ1v) is 9.96. The minimum absolute atomic E-state index is 0.538. The molecule has 0 radical (unpaired) electrons. The molecule has 0 fully saturated rings. The van der Waals surface area contributed by atoms with Crippen molar-refractivity contribution in [2.75, 3.05) is 27.4 Å². The van der Waals surface area contributed by atoms with Crippen molar-refractivity contribution < 1.29 is 18.9 Å². The van der Waals surface area contributed by atoms with Gasteiger partial charge in [0, 0.05) is 27.8 Å². The van der Waals surface area contributed by atoms with Crippen LogP contribution in [-0.2, 0) is 0 Å². The molecule has 0 saturated heterocycles. The van der Waals surface area contributed by atoms with E-state index in [2.05, 4.69) is 29.6 Å². The van der Waals surface area contributed by atoms with Gasteiger partial charge in [-0.2, -0.15) is 0 Å². The van der Waals surface area contributed by atoms with Crippen molar-refractivity contribution in [1.29, 1.82) is 0 Å². The Morgan fingerprint density at radius 1 is 0.625 bits per heavy atom. The van der Waals surface area contributed by atoms with Gasteiger partial charge in [-0.25, -0.2) is 0 Å². The Morgan fingerprint density at radius 3 is 1.84 bits per heavy atom. The van der Waals surface area contributed by atoms with E-state index in [9.17, 15) is 0 Å². The third-order valence-electron chi connectivity index (χ3n) is 4.73. The molecule has 0 saturated carbocycles. The number of benzene rings is 3. The predicted molar refractivity (Wildman–Crippen MR) is 123 cm³/mol. The zero-order valence-electron chi connectivity index (χ0n) is 17.8. The Hall–Kier alpha value is -4.46. The number of ether oxygens (including phenoxy) is 4. The van der Waals surface area contributed by atoms with E-state index in [4.69, 9.17) is 25.4 Å². The monoisotopic (exact) mass is 420 g/mol. The lowest BCUT2D eigenvalue weighted by Gasteiger charge is -2.17. The van der Waals surface area contributed by atoms with Crippen LogP contribution >= 0.6 is 0 Å². The van der Waals surface area contributed by atoms with Crippen molar-refractivity contribution >= 4 is 0 Å². The van der Waals surface area contributed by atoms with Gasteiger partial charge in [0.25, 0.3) is 0 Å². The summed E-state index contributed by atoms with van der Waals surface area (Å²) in [7, 11) is 3.19. The van der Waals surface area contributed by atoms with E-state index in [-0.39, 0.29) is 0 Å². The van der Waals surface area contributed by atoms with Gasteiger partial charge in [-0.1, -0.05) is 29.6 Å². The maximum absolute atomic E-state index is 5.64. The van der Waals surface area contributed by atoms with Crippen LogP contribution in [0, 0.1) is 36.0 Å².